The van der Waals surface area contributed by atoms with Gasteiger partial charge < -0.3 is 14.2 Å². The Bertz CT molecular complexity index is 1510. The molecule has 4 rings (SSSR count). The number of halogens is 2. The van der Waals surface area contributed by atoms with E-state index in [0.29, 0.717) is 42.1 Å². The van der Waals surface area contributed by atoms with Gasteiger partial charge in [-0.05, 0) is 59.6 Å². The normalized spacial score (nSPS) is 15.5. The van der Waals surface area contributed by atoms with Crippen LogP contribution in [0.4, 0.5) is 4.39 Å². The first-order chi connectivity index (χ1) is 16.8. The van der Waals surface area contributed by atoms with Crippen LogP contribution in [0.3, 0.4) is 0 Å². The average molecular weight is 561 g/mol. The third-order valence-electron chi connectivity index (χ3n) is 5.49. The highest BCUT2D eigenvalue weighted by molar-refractivity contribution is 9.10. The first-order valence-electron chi connectivity index (χ1n) is 10.7. The molecule has 3 aromatic rings. The molecule has 7 nitrogen and oxygen atoms in total. The molecule has 0 unspecified atom stereocenters. The maximum Gasteiger partial charge on any atom is 0.338 e. The number of carbonyl (C=O) groups excluding carboxylic acids is 1. The highest BCUT2D eigenvalue weighted by Crippen LogP contribution is 2.34. The summed E-state index contributed by atoms with van der Waals surface area (Å²) in [6.07, 6.45) is 1.71. The van der Waals surface area contributed by atoms with Crippen LogP contribution in [-0.4, -0.2) is 31.4 Å². The lowest BCUT2D eigenvalue weighted by Crippen LogP contribution is -2.39. The molecule has 2 aromatic carbocycles. The molecule has 1 aliphatic heterocycles. The third-order valence-corrected chi connectivity index (χ3v) is 7.10. The van der Waals surface area contributed by atoms with Crippen LogP contribution in [0.1, 0.15) is 31.0 Å². The van der Waals surface area contributed by atoms with E-state index in [2.05, 4.69) is 20.9 Å². The van der Waals surface area contributed by atoms with E-state index >= 15 is 0 Å². The van der Waals surface area contributed by atoms with Crippen molar-refractivity contribution in [3.05, 3.63) is 88.8 Å². The van der Waals surface area contributed by atoms with Gasteiger partial charge in [0, 0.05) is 11.6 Å². The van der Waals surface area contributed by atoms with Gasteiger partial charge >= 0.3 is 5.97 Å². The van der Waals surface area contributed by atoms with Gasteiger partial charge in [-0.3, -0.25) is 9.36 Å². The summed E-state index contributed by atoms with van der Waals surface area (Å²) in [5, 5.41) is 0. The summed E-state index contributed by atoms with van der Waals surface area (Å²) in [5.41, 5.74) is 1.56. The average Bonchev–Trinajstić information content (AvgIpc) is 3.13. The van der Waals surface area contributed by atoms with E-state index in [4.69, 9.17) is 14.2 Å². The van der Waals surface area contributed by atoms with Crippen LogP contribution in [0.2, 0.25) is 0 Å². The largest absolute Gasteiger partial charge is 0.496 e. The molecule has 0 saturated carbocycles. The van der Waals surface area contributed by atoms with Gasteiger partial charge in [0.05, 0.1) is 47.1 Å². The lowest BCUT2D eigenvalue weighted by molar-refractivity contribution is -0.139. The predicted molar refractivity (Wildman–Crippen MR) is 134 cm³/mol. The van der Waals surface area contributed by atoms with Gasteiger partial charge in [0.25, 0.3) is 5.56 Å². The highest BCUT2D eigenvalue weighted by atomic mass is 79.9. The van der Waals surface area contributed by atoms with Crippen molar-refractivity contribution in [1.29, 1.82) is 0 Å². The first-order valence-corrected chi connectivity index (χ1v) is 12.3. The molecule has 1 aliphatic rings. The van der Waals surface area contributed by atoms with Gasteiger partial charge in [0.15, 0.2) is 4.80 Å². The van der Waals surface area contributed by atoms with Gasteiger partial charge in [0.1, 0.15) is 17.3 Å². The fourth-order valence-corrected chi connectivity index (χ4v) is 5.45. The van der Waals surface area contributed by atoms with Gasteiger partial charge in [-0.2, -0.15) is 0 Å². The number of methoxy groups -OCH3 is 2. The predicted octanol–water partition coefficient (Wildman–Crippen LogP) is 3.72. The number of hydrogen-bond donors (Lipinski definition) is 0. The molecule has 0 amide bonds. The molecule has 0 bridgehead atoms. The quantitative estimate of drug-likeness (QED) is 0.429. The van der Waals surface area contributed by atoms with Gasteiger partial charge in [-0.25, -0.2) is 14.2 Å². The molecular weight excluding hydrogens is 539 g/mol. The molecule has 0 spiro atoms. The van der Waals surface area contributed by atoms with E-state index in [9.17, 15) is 14.0 Å². The fourth-order valence-electron chi connectivity index (χ4n) is 3.89. The van der Waals surface area contributed by atoms with Crippen molar-refractivity contribution in [3.8, 4) is 11.5 Å². The zero-order valence-electron chi connectivity index (χ0n) is 19.4. The molecule has 2 heterocycles. The Balaban J connectivity index is 1.96. The second kappa shape index (κ2) is 10.2. The summed E-state index contributed by atoms with van der Waals surface area (Å²) in [6, 6.07) is 8.40. The number of carbonyl (C=O) groups is 1. The number of esters is 1. The first kappa shape index (κ1) is 24.9. The highest BCUT2D eigenvalue weighted by Gasteiger charge is 2.33. The number of rotatable bonds is 6. The van der Waals surface area contributed by atoms with Gasteiger partial charge in [-0.1, -0.05) is 23.5 Å². The van der Waals surface area contributed by atoms with Crippen LogP contribution in [0.15, 0.2) is 61.9 Å². The Morgan fingerprint density at radius 1 is 1.20 bits per heavy atom. The number of fused-ring (bicyclic) bond motifs is 1. The number of aromatic nitrogens is 1. The van der Waals surface area contributed by atoms with E-state index in [0.717, 1.165) is 0 Å². The Morgan fingerprint density at radius 2 is 1.89 bits per heavy atom. The van der Waals surface area contributed by atoms with Crippen LogP contribution in [0, 0.1) is 5.82 Å². The van der Waals surface area contributed by atoms with Crippen molar-refractivity contribution in [2.75, 3.05) is 20.8 Å². The van der Waals surface area contributed by atoms with Crippen molar-refractivity contribution < 1.29 is 23.4 Å². The summed E-state index contributed by atoms with van der Waals surface area (Å²) >= 11 is 4.65. The van der Waals surface area contributed by atoms with Crippen molar-refractivity contribution >= 4 is 39.3 Å². The van der Waals surface area contributed by atoms with E-state index in [1.165, 1.54) is 35.1 Å². The summed E-state index contributed by atoms with van der Waals surface area (Å²) in [6.45, 7) is 3.57. The second-order valence-electron chi connectivity index (χ2n) is 7.58. The van der Waals surface area contributed by atoms with Crippen molar-refractivity contribution in [3.63, 3.8) is 0 Å². The summed E-state index contributed by atoms with van der Waals surface area (Å²) in [7, 11) is 3.08. The van der Waals surface area contributed by atoms with Crippen LogP contribution in [0.25, 0.3) is 6.08 Å². The third kappa shape index (κ3) is 4.68. The molecule has 182 valence electrons. The van der Waals surface area contributed by atoms with Crippen molar-refractivity contribution in [1.82, 2.24) is 4.57 Å². The fraction of sp³-hybridized carbons (Fsp3) is 0.240. The maximum atomic E-state index is 13.7. The van der Waals surface area contributed by atoms with Gasteiger partial charge in [-0.15, -0.1) is 0 Å². The molecule has 0 fully saturated rings. The lowest BCUT2D eigenvalue weighted by Gasteiger charge is -2.24. The molecule has 1 aromatic heterocycles. The van der Waals surface area contributed by atoms with E-state index in [1.54, 1.807) is 51.3 Å². The maximum absolute atomic E-state index is 13.7. The second-order valence-corrected chi connectivity index (χ2v) is 9.45. The zero-order chi connectivity index (χ0) is 25.3. The Hall–Kier alpha value is -3.24. The van der Waals surface area contributed by atoms with Crippen LogP contribution < -0.4 is 24.4 Å². The molecule has 0 N–H and O–H groups in total. The van der Waals surface area contributed by atoms with Crippen LogP contribution in [0.5, 0.6) is 11.5 Å². The Labute approximate surface area is 212 Å². The molecule has 10 heteroatoms. The SMILES string of the molecule is CCOC(=O)C1=C(C)N=c2s/c(=C\c3cc(Br)c(OC)cc3OC)c(=O)n2[C@H]1c1ccc(F)cc1. The van der Waals surface area contributed by atoms with Gasteiger partial charge in [0.2, 0.25) is 0 Å². The number of benzene rings is 2. The molecule has 0 radical (unpaired) electrons. The minimum atomic E-state index is -0.808. The lowest BCUT2D eigenvalue weighted by atomic mass is 9.96. The number of hydrogen-bond acceptors (Lipinski definition) is 7. The molecule has 0 saturated heterocycles. The summed E-state index contributed by atoms with van der Waals surface area (Å²) < 4.78 is 32.3. The number of nitrogens with zero attached hydrogens (tertiary/aromatic N) is 2. The topological polar surface area (TPSA) is 79.1 Å². The molecule has 0 aliphatic carbocycles. The minimum absolute atomic E-state index is 0.169. The van der Waals surface area contributed by atoms with Crippen molar-refractivity contribution in [2.24, 2.45) is 4.99 Å². The Morgan fingerprint density at radius 3 is 2.51 bits per heavy atom. The number of ether oxygens (including phenoxy) is 3. The number of thiazole rings is 1. The zero-order valence-corrected chi connectivity index (χ0v) is 21.8. The standard InChI is InChI=1S/C25H22BrFN2O5S/c1-5-34-24(31)21-13(2)28-25-29(22(21)14-6-8-16(27)9-7-14)23(30)20(35-25)11-15-10-17(26)19(33-4)12-18(15)32-3/h6-12,22H,5H2,1-4H3/b20-11-/t22-/m0/s1. The molecule has 35 heavy (non-hydrogen) atoms. The molecule has 1 atom stereocenters. The van der Waals surface area contributed by atoms with Crippen molar-refractivity contribution in [2.45, 2.75) is 19.9 Å². The summed E-state index contributed by atoms with van der Waals surface area (Å²) in [4.78, 5) is 31.5. The smallest absolute Gasteiger partial charge is 0.338 e. The monoisotopic (exact) mass is 560 g/mol. The minimum Gasteiger partial charge on any atom is -0.496 e. The molecular formula is C25H22BrFN2O5S. The van der Waals surface area contributed by atoms with E-state index < -0.39 is 17.8 Å². The number of allylic oxidation sites excluding steroid dienone is 1. The summed E-state index contributed by atoms with van der Waals surface area (Å²) in [5.74, 6) is 0.121. The van der Waals surface area contributed by atoms with Crippen LogP contribution in [-0.2, 0) is 9.53 Å². The van der Waals surface area contributed by atoms with E-state index in [1.807, 2.05) is 0 Å². The van der Waals surface area contributed by atoms with Crippen LogP contribution >= 0.6 is 27.3 Å². The van der Waals surface area contributed by atoms with E-state index in [-0.39, 0.29) is 17.7 Å². The Kier molecular flexibility index (Phi) is 7.23.